The average molecular weight is 175 g/mol. The number of rotatable bonds is 1. The zero-order valence-corrected chi connectivity index (χ0v) is 7.06. The van der Waals surface area contributed by atoms with Gasteiger partial charge in [-0.05, 0) is 11.6 Å². The molecule has 3 heteroatoms. The molecular weight excluding hydrogens is 166 g/mol. The molecule has 0 bridgehead atoms. The van der Waals surface area contributed by atoms with E-state index in [0.717, 1.165) is 17.7 Å². The van der Waals surface area contributed by atoms with E-state index in [1.54, 1.807) is 6.08 Å². The van der Waals surface area contributed by atoms with Gasteiger partial charge in [-0.1, -0.05) is 18.2 Å². The standard InChI is InChI=1S/C10H9NO2/c12-7-11-9-5-8-3-1-2-4-10(8)13-6-9/h1-4,9H,5-6H2/t9-/m1/s1. The van der Waals surface area contributed by atoms with Crippen LogP contribution in [0.15, 0.2) is 29.3 Å². The summed E-state index contributed by atoms with van der Waals surface area (Å²) < 4.78 is 5.42. The molecule has 0 fully saturated rings. The van der Waals surface area contributed by atoms with Crippen LogP contribution < -0.4 is 4.74 Å². The third-order valence-corrected chi connectivity index (χ3v) is 2.09. The smallest absolute Gasteiger partial charge is 0.235 e. The molecule has 0 aliphatic carbocycles. The number of aliphatic imine (C=N–C) groups is 1. The predicted octanol–water partition coefficient (Wildman–Crippen LogP) is 1.33. The number of nitrogens with zero attached hydrogens (tertiary/aromatic N) is 1. The molecule has 0 saturated carbocycles. The largest absolute Gasteiger partial charge is 0.491 e. The van der Waals surface area contributed by atoms with E-state index in [1.165, 1.54) is 0 Å². The van der Waals surface area contributed by atoms with Crippen molar-refractivity contribution in [2.75, 3.05) is 6.61 Å². The summed E-state index contributed by atoms with van der Waals surface area (Å²) in [4.78, 5) is 13.7. The molecule has 0 saturated heterocycles. The lowest BCUT2D eigenvalue weighted by Gasteiger charge is -2.21. The maximum absolute atomic E-state index is 10.0. The third-order valence-electron chi connectivity index (χ3n) is 2.09. The second-order valence-electron chi connectivity index (χ2n) is 3.00. The van der Waals surface area contributed by atoms with Crippen LogP contribution in [0.4, 0.5) is 0 Å². The summed E-state index contributed by atoms with van der Waals surface area (Å²) in [5.41, 5.74) is 1.11. The molecule has 0 unspecified atom stereocenters. The second-order valence-corrected chi connectivity index (χ2v) is 3.00. The molecule has 66 valence electrons. The first-order valence-corrected chi connectivity index (χ1v) is 4.18. The Morgan fingerprint density at radius 3 is 3.15 bits per heavy atom. The Labute approximate surface area is 76.1 Å². The molecule has 0 spiro atoms. The molecule has 0 aromatic heterocycles. The highest BCUT2D eigenvalue weighted by Gasteiger charge is 2.18. The van der Waals surface area contributed by atoms with Gasteiger partial charge in [-0.2, -0.15) is 4.99 Å². The molecule has 0 amide bonds. The number of hydrogen-bond acceptors (Lipinski definition) is 3. The van der Waals surface area contributed by atoms with Crippen molar-refractivity contribution in [3.05, 3.63) is 29.8 Å². The van der Waals surface area contributed by atoms with Crippen LogP contribution in [-0.2, 0) is 11.2 Å². The first kappa shape index (κ1) is 8.02. The lowest BCUT2D eigenvalue weighted by atomic mass is 10.0. The summed E-state index contributed by atoms with van der Waals surface area (Å²) in [5, 5.41) is 0. The van der Waals surface area contributed by atoms with Crippen LogP contribution in [0.25, 0.3) is 0 Å². The summed E-state index contributed by atoms with van der Waals surface area (Å²) in [6, 6.07) is 7.74. The molecule has 1 atom stereocenters. The quantitative estimate of drug-likeness (QED) is 0.477. The van der Waals surface area contributed by atoms with E-state index in [1.807, 2.05) is 24.3 Å². The molecule has 2 rings (SSSR count). The van der Waals surface area contributed by atoms with Crippen LogP contribution in [-0.4, -0.2) is 18.7 Å². The SMILES string of the molecule is O=C=N[C@H]1COc2ccccc2C1. The van der Waals surface area contributed by atoms with Crippen LogP contribution in [0.2, 0.25) is 0 Å². The maximum Gasteiger partial charge on any atom is 0.235 e. The number of carbonyl (C=O) groups excluding carboxylic acids is 1. The topological polar surface area (TPSA) is 38.7 Å². The van der Waals surface area contributed by atoms with Crippen molar-refractivity contribution in [2.24, 2.45) is 4.99 Å². The van der Waals surface area contributed by atoms with Gasteiger partial charge < -0.3 is 4.74 Å². The number of isocyanates is 1. The molecule has 0 N–H and O–H groups in total. The van der Waals surface area contributed by atoms with E-state index in [0.29, 0.717) is 6.61 Å². The van der Waals surface area contributed by atoms with Crippen molar-refractivity contribution >= 4 is 6.08 Å². The number of ether oxygens (including phenoxy) is 1. The minimum atomic E-state index is -0.0626. The van der Waals surface area contributed by atoms with Gasteiger partial charge in [0, 0.05) is 6.42 Å². The zero-order chi connectivity index (χ0) is 9.10. The average Bonchev–Trinajstić information content (AvgIpc) is 2.18. The van der Waals surface area contributed by atoms with Gasteiger partial charge in [0.2, 0.25) is 6.08 Å². The van der Waals surface area contributed by atoms with E-state index in [2.05, 4.69) is 4.99 Å². The maximum atomic E-state index is 10.0. The Balaban J connectivity index is 2.24. The van der Waals surface area contributed by atoms with E-state index in [4.69, 9.17) is 4.74 Å². The summed E-state index contributed by atoms with van der Waals surface area (Å²) in [6.45, 7) is 0.478. The number of benzene rings is 1. The number of hydrogen-bond donors (Lipinski definition) is 0. The summed E-state index contributed by atoms with van der Waals surface area (Å²) in [7, 11) is 0. The molecule has 1 aliphatic rings. The lowest BCUT2D eigenvalue weighted by Crippen LogP contribution is -2.23. The summed E-state index contributed by atoms with van der Waals surface area (Å²) in [5.74, 6) is 0.903. The highest BCUT2D eigenvalue weighted by molar-refractivity contribution is 5.38. The minimum Gasteiger partial charge on any atom is -0.491 e. The highest BCUT2D eigenvalue weighted by Crippen LogP contribution is 2.24. The Morgan fingerprint density at radius 2 is 2.31 bits per heavy atom. The van der Waals surface area contributed by atoms with E-state index >= 15 is 0 Å². The predicted molar refractivity (Wildman–Crippen MR) is 47.6 cm³/mol. The van der Waals surface area contributed by atoms with Gasteiger partial charge in [0.1, 0.15) is 18.4 Å². The van der Waals surface area contributed by atoms with Gasteiger partial charge in [-0.25, -0.2) is 4.79 Å². The molecule has 1 aromatic carbocycles. The van der Waals surface area contributed by atoms with Gasteiger partial charge in [-0.15, -0.1) is 0 Å². The zero-order valence-electron chi connectivity index (χ0n) is 7.06. The molecule has 3 nitrogen and oxygen atoms in total. The second kappa shape index (κ2) is 3.42. The van der Waals surface area contributed by atoms with Crippen molar-refractivity contribution in [3.8, 4) is 5.75 Å². The lowest BCUT2D eigenvalue weighted by molar-refractivity contribution is 0.264. The normalized spacial score (nSPS) is 19.5. The minimum absolute atomic E-state index is 0.0626. The molecule has 1 heterocycles. The van der Waals surface area contributed by atoms with E-state index in [-0.39, 0.29) is 6.04 Å². The van der Waals surface area contributed by atoms with Crippen molar-refractivity contribution in [1.82, 2.24) is 0 Å². The van der Waals surface area contributed by atoms with Gasteiger partial charge in [0.15, 0.2) is 0 Å². The van der Waals surface area contributed by atoms with Crippen molar-refractivity contribution in [2.45, 2.75) is 12.5 Å². The van der Waals surface area contributed by atoms with Crippen LogP contribution >= 0.6 is 0 Å². The van der Waals surface area contributed by atoms with E-state index < -0.39 is 0 Å². The molecular formula is C10H9NO2. The van der Waals surface area contributed by atoms with Crippen molar-refractivity contribution in [3.63, 3.8) is 0 Å². The van der Waals surface area contributed by atoms with Gasteiger partial charge in [0.05, 0.1) is 0 Å². The number of fused-ring (bicyclic) bond motifs is 1. The highest BCUT2D eigenvalue weighted by atomic mass is 16.5. The Hall–Kier alpha value is -1.60. The fourth-order valence-electron chi connectivity index (χ4n) is 1.47. The Bertz CT molecular complexity index is 356. The summed E-state index contributed by atoms with van der Waals surface area (Å²) in [6.07, 6.45) is 2.33. The fraction of sp³-hybridized carbons (Fsp3) is 0.300. The third kappa shape index (κ3) is 1.60. The molecule has 1 aliphatic heterocycles. The molecule has 0 radical (unpaired) electrons. The van der Waals surface area contributed by atoms with Gasteiger partial charge in [0.25, 0.3) is 0 Å². The fourth-order valence-corrected chi connectivity index (χ4v) is 1.47. The first-order chi connectivity index (χ1) is 6.40. The first-order valence-electron chi connectivity index (χ1n) is 4.18. The van der Waals surface area contributed by atoms with Crippen molar-refractivity contribution in [1.29, 1.82) is 0 Å². The molecule has 1 aromatic rings. The molecule has 13 heavy (non-hydrogen) atoms. The van der Waals surface area contributed by atoms with Gasteiger partial charge in [-0.3, -0.25) is 0 Å². The van der Waals surface area contributed by atoms with Crippen LogP contribution in [0, 0.1) is 0 Å². The van der Waals surface area contributed by atoms with Crippen LogP contribution in [0.1, 0.15) is 5.56 Å². The Kier molecular flexibility index (Phi) is 2.11. The van der Waals surface area contributed by atoms with Crippen LogP contribution in [0.3, 0.4) is 0 Å². The van der Waals surface area contributed by atoms with E-state index in [9.17, 15) is 4.79 Å². The monoisotopic (exact) mass is 175 g/mol. The van der Waals surface area contributed by atoms with Crippen molar-refractivity contribution < 1.29 is 9.53 Å². The summed E-state index contributed by atoms with van der Waals surface area (Å²) >= 11 is 0. The van der Waals surface area contributed by atoms with Crippen LogP contribution in [0.5, 0.6) is 5.75 Å². The van der Waals surface area contributed by atoms with Gasteiger partial charge >= 0.3 is 0 Å². The number of para-hydroxylation sites is 1. The Morgan fingerprint density at radius 1 is 1.46 bits per heavy atom.